The maximum absolute atomic E-state index is 13.1. The molecule has 0 aliphatic heterocycles. The van der Waals surface area contributed by atoms with Gasteiger partial charge in [0, 0.05) is 6.42 Å². The molecule has 1 aromatic carbocycles. The van der Waals surface area contributed by atoms with Crippen molar-refractivity contribution in [3.8, 4) is 0 Å². The first kappa shape index (κ1) is 32.9. The molecule has 1 rings (SSSR count). The molecule has 0 aromatic heterocycles. The van der Waals surface area contributed by atoms with Gasteiger partial charge in [0.15, 0.2) is 0 Å². The fourth-order valence-electron chi connectivity index (χ4n) is 3.31. The lowest BCUT2D eigenvalue weighted by Crippen LogP contribution is -2.57. The summed E-state index contributed by atoms with van der Waals surface area (Å²) in [7, 11) is 0. The van der Waals surface area contributed by atoms with E-state index in [0.717, 1.165) is 0 Å². The standard InChI is InChI=1S/C26H37N3O10/c1-5-37-20(30)13-12-18(23(32)29-22(16(3)4)25(34)35)27-24(33)19(14-21(31)38-6-2)28-26(36)39-15-17-10-8-7-9-11-17/h7-11,16,18-19,22H,5-6,12-15H2,1-4H3,(H,27,33)(H,28,36)(H,29,32)(H,34,35)/t18-,19-,22-/m0/s1. The van der Waals surface area contributed by atoms with Crippen LogP contribution in [0.3, 0.4) is 0 Å². The molecule has 13 heteroatoms. The van der Waals surface area contributed by atoms with Crippen LogP contribution in [-0.4, -0.2) is 72.3 Å². The summed E-state index contributed by atoms with van der Waals surface area (Å²) < 4.78 is 14.9. The van der Waals surface area contributed by atoms with Crippen LogP contribution >= 0.6 is 0 Å². The number of esters is 2. The highest BCUT2D eigenvalue weighted by atomic mass is 16.6. The van der Waals surface area contributed by atoms with E-state index in [-0.39, 0.29) is 32.7 Å². The molecule has 0 saturated carbocycles. The lowest BCUT2D eigenvalue weighted by Gasteiger charge is -2.25. The van der Waals surface area contributed by atoms with E-state index >= 15 is 0 Å². The van der Waals surface area contributed by atoms with Gasteiger partial charge in [-0.05, 0) is 31.7 Å². The predicted octanol–water partition coefficient (Wildman–Crippen LogP) is 1.29. The van der Waals surface area contributed by atoms with Gasteiger partial charge in [0.25, 0.3) is 0 Å². The summed E-state index contributed by atoms with van der Waals surface area (Å²) in [5.74, 6) is -4.99. The zero-order chi connectivity index (χ0) is 29.4. The average molecular weight is 552 g/mol. The topological polar surface area (TPSA) is 186 Å². The maximum atomic E-state index is 13.1. The summed E-state index contributed by atoms with van der Waals surface area (Å²) in [4.78, 5) is 74.0. The first-order valence-electron chi connectivity index (χ1n) is 12.6. The van der Waals surface area contributed by atoms with Crippen molar-refractivity contribution in [3.05, 3.63) is 35.9 Å². The highest BCUT2D eigenvalue weighted by Crippen LogP contribution is 2.08. The zero-order valence-corrected chi connectivity index (χ0v) is 22.6. The predicted molar refractivity (Wildman–Crippen MR) is 137 cm³/mol. The summed E-state index contributed by atoms with van der Waals surface area (Å²) in [6, 6.07) is 4.61. The number of ether oxygens (including phenoxy) is 3. The molecule has 39 heavy (non-hydrogen) atoms. The molecule has 216 valence electrons. The molecule has 0 aliphatic carbocycles. The van der Waals surface area contributed by atoms with Gasteiger partial charge in [-0.15, -0.1) is 0 Å². The summed E-state index contributed by atoms with van der Waals surface area (Å²) in [5, 5.41) is 16.5. The van der Waals surface area contributed by atoms with Crippen LogP contribution in [0, 0.1) is 5.92 Å². The van der Waals surface area contributed by atoms with Gasteiger partial charge < -0.3 is 35.3 Å². The van der Waals surface area contributed by atoms with Crippen molar-refractivity contribution in [1.82, 2.24) is 16.0 Å². The van der Waals surface area contributed by atoms with E-state index < -0.39 is 66.3 Å². The molecule has 0 radical (unpaired) electrons. The van der Waals surface area contributed by atoms with Crippen LogP contribution in [0.2, 0.25) is 0 Å². The molecule has 0 aliphatic rings. The quantitative estimate of drug-likeness (QED) is 0.172. The molecule has 3 atom stereocenters. The molecule has 13 nitrogen and oxygen atoms in total. The lowest BCUT2D eigenvalue weighted by atomic mass is 10.0. The molecule has 3 amide bonds. The van der Waals surface area contributed by atoms with E-state index in [2.05, 4.69) is 16.0 Å². The fraction of sp³-hybridized carbons (Fsp3) is 0.538. The number of carboxylic acids is 1. The molecule has 4 N–H and O–H groups in total. The average Bonchev–Trinajstić information content (AvgIpc) is 2.88. The van der Waals surface area contributed by atoms with Gasteiger partial charge in [-0.3, -0.25) is 19.2 Å². The van der Waals surface area contributed by atoms with Crippen LogP contribution < -0.4 is 16.0 Å². The second-order valence-electron chi connectivity index (χ2n) is 8.74. The van der Waals surface area contributed by atoms with Crippen LogP contribution in [0.25, 0.3) is 0 Å². The first-order chi connectivity index (χ1) is 18.5. The van der Waals surface area contributed by atoms with Gasteiger partial charge >= 0.3 is 24.0 Å². The molecule has 1 aromatic rings. The second-order valence-corrected chi connectivity index (χ2v) is 8.74. The van der Waals surface area contributed by atoms with E-state index in [1.807, 2.05) is 0 Å². The molecular formula is C26H37N3O10. The Morgan fingerprint density at radius 3 is 1.95 bits per heavy atom. The largest absolute Gasteiger partial charge is 0.480 e. The summed E-state index contributed by atoms with van der Waals surface area (Å²) in [6.45, 7) is 6.38. The second kappa shape index (κ2) is 17.4. The third-order valence-corrected chi connectivity index (χ3v) is 5.30. The minimum Gasteiger partial charge on any atom is -0.480 e. The smallest absolute Gasteiger partial charge is 0.408 e. The number of hydrogen-bond acceptors (Lipinski definition) is 9. The molecular weight excluding hydrogens is 514 g/mol. The summed E-state index contributed by atoms with van der Waals surface area (Å²) in [6.07, 6.45) is -2.07. The molecule has 0 heterocycles. The van der Waals surface area contributed by atoms with Gasteiger partial charge in [0.05, 0.1) is 19.6 Å². The van der Waals surface area contributed by atoms with Gasteiger partial charge in [-0.25, -0.2) is 9.59 Å². The van der Waals surface area contributed by atoms with E-state index in [1.165, 1.54) is 0 Å². The number of rotatable bonds is 16. The first-order valence-corrected chi connectivity index (χ1v) is 12.6. The van der Waals surface area contributed by atoms with E-state index in [4.69, 9.17) is 14.2 Å². The third kappa shape index (κ3) is 12.8. The number of benzene rings is 1. The van der Waals surface area contributed by atoms with Gasteiger partial charge in [0.2, 0.25) is 11.8 Å². The van der Waals surface area contributed by atoms with Crippen molar-refractivity contribution in [1.29, 1.82) is 0 Å². The zero-order valence-electron chi connectivity index (χ0n) is 22.6. The van der Waals surface area contributed by atoms with Crippen LogP contribution in [0.1, 0.15) is 52.5 Å². The minimum atomic E-state index is -1.49. The number of carboxylic acid groups (broad SMARTS) is 1. The van der Waals surface area contributed by atoms with E-state index in [9.17, 15) is 33.9 Å². The van der Waals surface area contributed by atoms with E-state index in [0.29, 0.717) is 5.56 Å². The van der Waals surface area contributed by atoms with Crippen molar-refractivity contribution >= 4 is 35.8 Å². The van der Waals surface area contributed by atoms with Crippen LogP contribution in [0.4, 0.5) is 4.79 Å². The number of hydrogen-bond donors (Lipinski definition) is 4. The van der Waals surface area contributed by atoms with Crippen molar-refractivity contribution < 1.29 is 48.1 Å². The van der Waals surface area contributed by atoms with Crippen LogP contribution in [0.15, 0.2) is 30.3 Å². The normalized spacial score (nSPS) is 12.8. The van der Waals surface area contributed by atoms with Crippen molar-refractivity contribution in [2.45, 2.75) is 71.7 Å². The van der Waals surface area contributed by atoms with Crippen molar-refractivity contribution in [2.75, 3.05) is 13.2 Å². The van der Waals surface area contributed by atoms with Gasteiger partial charge in [-0.2, -0.15) is 0 Å². The monoisotopic (exact) mass is 551 g/mol. The number of carbonyl (C=O) groups excluding carboxylic acids is 5. The van der Waals surface area contributed by atoms with Gasteiger partial charge in [-0.1, -0.05) is 44.2 Å². The summed E-state index contributed by atoms with van der Waals surface area (Å²) in [5.41, 5.74) is 0.688. The highest BCUT2D eigenvalue weighted by Gasteiger charge is 2.32. The Morgan fingerprint density at radius 1 is 0.795 bits per heavy atom. The number of nitrogens with one attached hydrogen (secondary N) is 3. The van der Waals surface area contributed by atoms with Crippen LogP contribution in [-0.2, 0) is 44.8 Å². The Hall–Kier alpha value is -4.16. The molecule has 0 saturated heterocycles. The Balaban J connectivity index is 3.05. The molecule has 0 bridgehead atoms. The SMILES string of the molecule is CCOC(=O)CC[C@H](NC(=O)[C@H](CC(=O)OCC)NC(=O)OCc1ccccc1)C(=O)N[C@H](C(=O)O)C(C)C. The molecule has 0 fully saturated rings. The number of carbonyl (C=O) groups is 6. The Morgan fingerprint density at radius 2 is 1.38 bits per heavy atom. The Labute approximate surface area is 226 Å². The minimum absolute atomic E-state index is 0.0297. The fourth-order valence-corrected chi connectivity index (χ4v) is 3.31. The maximum Gasteiger partial charge on any atom is 0.408 e. The lowest BCUT2D eigenvalue weighted by molar-refractivity contribution is -0.146. The van der Waals surface area contributed by atoms with Crippen molar-refractivity contribution in [3.63, 3.8) is 0 Å². The number of aliphatic carboxylic acids is 1. The molecule has 0 unspecified atom stereocenters. The van der Waals surface area contributed by atoms with Crippen molar-refractivity contribution in [2.24, 2.45) is 5.92 Å². The summed E-state index contributed by atoms with van der Waals surface area (Å²) >= 11 is 0. The highest BCUT2D eigenvalue weighted by molar-refractivity contribution is 5.94. The number of amides is 3. The number of alkyl carbamates (subject to hydrolysis) is 1. The molecule has 0 spiro atoms. The third-order valence-electron chi connectivity index (χ3n) is 5.30. The van der Waals surface area contributed by atoms with E-state index in [1.54, 1.807) is 58.0 Å². The Bertz CT molecular complexity index is 983. The van der Waals surface area contributed by atoms with Crippen LogP contribution in [0.5, 0.6) is 0 Å². The van der Waals surface area contributed by atoms with Gasteiger partial charge in [0.1, 0.15) is 24.7 Å². The Kier molecular flexibility index (Phi) is 14.6.